The molecule has 22 heavy (non-hydrogen) atoms. The van der Waals surface area contributed by atoms with Gasteiger partial charge in [0.05, 0.1) is 5.56 Å². The molecule has 0 unspecified atom stereocenters. The van der Waals surface area contributed by atoms with Crippen LogP contribution >= 0.6 is 0 Å². The van der Waals surface area contributed by atoms with Gasteiger partial charge < -0.3 is 14.6 Å². The van der Waals surface area contributed by atoms with Crippen LogP contribution in [0.3, 0.4) is 0 Å². The van der Waals surface area contributed by atoms with Gasteiger partial charge in [0.2, 0.25) is 0 Å². The average Bonchev–Trinajstić information content (AvgIpc) is 2.85. The van der Waals surface area contributed by atoms with Crippen molar-refractivity contribution < 1.29 is 33.0 Å². The molecule has 1 saturated carbocycles. The molecule has 0 spiro atoms. The molecule has 1 aromatic rings. The van der Waals surface area contributed by atoms with Crippen LogP contribution in [0, 0.1) is 0 Å². The Labute approximate surface area is 125 Å². The van der Waals surface area contributed by atoms with E-state index >= 15 is 0 Å². The molecule has 0 bridgehead atoms. The third-order valence-electron chi connectivity index (χ3n) is 3.59. The summed E-state index contributed by atoms with van der Waals surface area (Å²) in [6.45, 7) is 1.86. The lowest BCUT2D eigenvalue weighted by atomic mass is 10.1. The molecular weight excluding hydrogens is 298 g/mol. The van der Waals surface area contributed by atoms with Crippen molar-refractivity contribution in [2.75, 3.05) is 0 Å². The van der Waals surface area contributed by atoms with Crippen LogP contribution in [-0.4, -0.2) is 28.8 Å². The summed E-state index contributed by atoms with van der Waals surface area (Å²) in [6, 6.07) is 4.72. The first-order valence-corrected chi connectivity index (χ1v) is 6.85. The van der Waals surface area contributed by atoms with Gasteiger partial charge in [-0.15, -0.1) is 0 Å². The van der Waals surface area contributed by atoms with Crippen LogP contribution in [0.25, 0.3) is 0 Å². The Kier molecular flexibility index (Phi) is 4.35. The fourth-order valence-electron chi connectivity index (χ4n) is 2.36. The first-order chi connectivity index (χ1) is 10.2. The minimum atomic E-state index is -4.32. The van der Waals surface area contributed by atoms with Crippen LogP contribution in [0.4, 0.5) is 8.78 Å². The first kappa shape index (κ1) is 16.2. The van der Waals surface area contributed by atoms with Crippen LogP contribution in [0.15, 0.2) is 24.3 Å². The van der Waals surface area contributed by atoms with Crippen molar-refractivity contribution in [3.8, 4) is 5.75 Å². The van der Waals surface area contributed by atoms with E-state index in [0.717, 1.165) is 37.8 Å². The van der Waals surface area contributed by atoms with Gasteiger partial charge in [0.1, 0.15) is 11.4 Å². The van der Waals surface area contributed by atoms with E-state index in [2.05, 4.69) is 4.74 Å². The van der Waals surface area contributed by atoms with Gasteiger partial charge in [0.25, 0.3) is 0 Å². The van der Waals surface area contributed by atoms with Crippen molar-refractivity contribution >= 4 is 11.9 Å². The van der Waals surface area contributed by atoms with E-state index in [9.17, 15) is 18.4 Å². The Morgan fingerprint density at radius 2 is 1.73 bits per heavy atom. The second-order valence-corrected chi connectivity index (χ2v) is 5.49. The van der Waals surface area contributed by atoms with Crippen LogP contribution in [0.2, 0.25) is 0 Å². The number of halogens is 2. The second kappa shape index (κ2) is 5.90. The van der Waals surface area contributed by atoms with E-state index in [1.165, 1.54) is 12.1 Å². The lowest BCUT2D eigenvalue weighted by Gasteiger charge is -2.24. The molecule has 120 valence electrons. The van der Waals surface area contributed by atoms with E-state index < -0.39 is 23.6 Å². The number of esters is 1. The van der Waals surface area contributed by atoms with Gasteiger partial charge in [-0.1, -0.05) is 0 Å². The highest BCUT2D eigenvalue weighted by molar-refractivity contribution is 5.89. The Bertz CT molecular complexity index is 562. The second-order valence-electron chi connectivity index (χ2n) is 5.49. The predicted molar refractivity (Wildman–Crippen MR) is 71.9 cm³/mol. The zero-order valence-corrected chi connectivity index (χ0v) is 12.0. The monoisotopic (exact) mass is 314 g/mol. The molecule has 1 aliphatic carbocycles. The Morgan fingerprint density at radius 3 is 2.23 bits per heavy atom. The van der Waals surface area contributed by atoms with Gasteiger partial charge in [0, 0.05) is 0 Å². The number of aliphatic carboxylic acids is 1. The highest BCUT2D eigenvalue weighted by atomic mass is 19.3. The average molecular weight is 314 g/mol. The fraction of sp³-hybridized carbons (Fsp3) is 0.467. The highest BCUT2D eigenvalue weighted by Gasteiger charge is 2.42. The summed E-state index contributed by atoms with van der Waals surface area (Å²) >= 11 is 0. The van der Waals surface area contributed by atoms with Gasteiger partial charge in [0.15, 0.2) is 0 Å². The number of benzene rings is 1. The maximum absolute atomic E-state index is 12.9. The molecule has 5 nitrogen and oxygen atoms in total. The summed E-state index contributed by atoms with van der Waals surface area (Å²) in [6.07, 6.45) is -0.726. The zero-order valence-electron chi connectivity index (χ0n) is 12.0. The molecule has 1 aliphatic rings. The van der Waals surface area contributed by atoms with E-state index in [1.54, 1.807) is 0 Å². The molecule has 0 aliphatic heterocycles. The van der Waals surface area contributed by atoms with Gasteiger partial charge in [-0.25, -0.2) is 9.59 Å². The number of alkyl halides is 2. The molecule has 0 heterocycles. The minimum absolute atomic E-state index is 0.194. The summed E-state index contributed by atoms with van der Waals surface area (Å²) in [5, 5.41) is 8.28. The highest BCUT2D eigenvalue weighted by Crippen LogP contribution is 2.33. The van der Waals surface area contributed by atoms with Crippen molar-refractivity contribution in [2.45, 2.75) is 44.3 Å². The van der Waals surface area contributed by atoms with Crippen molar-refractivity contribution in [1.29, 1.82) is 0 Å². The maximum Gasteiger partial charge on any atom is 0.501 e. The fourth-order valence-corrected chi connectivity index (χ4v) is 2.36. The lowest BCUT2D eigenvalue weighted by Crippen LogP contribution is -2.34. The van der Waals surface area contributed by atoms with Crippen molar-refractivity contribution in [3.63, 3.8) is 0 Å². The number of rotatable bonds is 5. The number of carbonyl (C=O) groups is 2. The van der Waals surface area contributed by atoms with E-state index in [0.29, 0.717) is 0 Å². The summed E-state index contributed by atoms with van der Waals surface area (Å²) < 4.78 is 35.3. The Morgan fingerprint density at radius 1 is 1.18 bits per heavy atom. The molecule has 0 atom stereocenters. The van der Waals surface area contributed by atoms with Crippen LogP contribution in [-0.2, 0) is 9.53 Å². The minimum Gasteiger partial charge on any atom is -0.474 e. The number of hydrogen-bond donors (Lipinski definition) is 1. The standard InChI is InChI=1S/C15H16F2O5/c1-14(8-2-3-9-14)22-12(18)10-4-6-11(7-5-10)21-15(16,17)13(19)20/h4-7H,2-3,8-9H2,1H3,(H,19,20). The van der Waals surface area contributed by atoms with Crippen molar-refractivity contribution in [1.82, 2.24) is 0 Å². The van der Waals surface area contributed by atoms with Crippen LogP contribution in [0.1, 0.15) is 43.0 Å². The third kappa shape index (κ3) is 3.72. The normalized spacial score (nSPS) is 17.0. The maximum atomic E-state index is 12.9. The molecule has 0 radical (unpaired) electrons. The zero-order chi connectivity index (χ0) is 16.4. The Balaban J connectivity index is 2.02. The number of carbonyl (C=O) groups excluding carboxylic acids is 1. The molecule has 1 fully saturated rings. The quantitative estimate of drug-likeness (QED) is 0.845. The van der Waals surface area contributed by atoms with Gasteiger partial charge in [-0.05, 0) is 56.9 Å². The van der Waals surface area contributed by atoms with E-state index in [4.69, 9.17) is 9.84 Å². The largest absolute Gasteiger partial charge is 0.501 e. The summed E-state index contributed by atoms with van der Waals surface area (Å²) in [5.41, 5.74) is -0.290. The molecule has 2 rings (SSSR count). The molecule has 7 heteroatoms. The molecule has 0 aromatic heterocycles. The molecular formula is C15H16F2O5. The SMILES string of the molecule is CC1(OC(=O)c2ccc(OC(F)(F)C(=O)O)cc2)CCCC1. The topological polar surface area (TPSA) is 72.8 Å². The van der Waals surface area contributed by atoms with Gasteiger partial charge in [-0.3, -0.25) is 0 Å². The number of carboxylic acid groups (broad SMARTS) is 1. The first-order valence-electron chi connectivity index (χ1n) is 6.85. The molecule has 1 N–H and O–H groups in total. The Hall–Kier alpha value is -2.18. The van der Waals surface area contributed by atoms with Gasteiger partial charge >= 0.3 is 18.0 Å². The van der Waals surface area contributed by atoms with Gasteiger partial charge in [-0.2, -0.15) is 8.78 Å². The van der Waals surface area contributed by atoms with Crippen LogP contribution in [0.5, 0.6) is 5.75 Å². The summed E-state index contributed by atoms with van der Waals surface area (Å²) in [7, 11) is 0. The van der Waals surface area contributed by atoms with Crippen molar-refractivity contribution in [2.24, 2.45) is 0 Å². The van der Waals surface area contributed by atoms with Crippen LogP contribution < -0.4 is 4.74 Å². The van der Waals surface area contributed by atoms with E-state index in [-0.39, 0.29) is 11.3 Å². The number of carboxylic acids is 1. The summed E-state index contributed by atoms with van der Waals surface area (Å²) in [4.78, 5) is 22.3. The number of ether oxygens (including phenoxy) is 2. The molecule has 0 amide bonds. The predicted octanol–water partition coefficient (Wildman–Crippen LogP) is 3.23. The number of hydrogen-bond acceptors (Lipinski definition) is 4. The van der Waals surface area contributed by atoms with Crippen molar-refractivity contribution in [3.05, 3.63) is 29.8 Å². The third-order valence-corrected chi connectivity index (χ3v) is 3.59. The smallest absolute Gasteiger partial charge is 0.474 e. The molecule has 0 saturated heterocycles. The summed E-state index contributed by atoms with van der Waals surface area (Å²) in [5.74, 6) is -3.28. The lowest BCUT2D eigenvalue weighted by molar-refractivity contribution is -0.210. The molecule has 1 aromatic carbocycles. The van der Waals surface area contributed by atoms with E-state index in [1.807, 2.05) is 6.92 Å².